The number of fused-ring (bicyclic) bond motifs is 1. The first-order valence-corrected chi connectivity index (χ1v) is 11.1. The second kappa shape index (κ2) is 9.81. The number of benzene rings is 2. The molecule has 1 heterocycles. The van der Waals surface area contributed by atoms with Crippen LogP contribution in [0.15, 0.2) is 48.5 Å². The van der Waals surface area contributed by atoms with E-state index >= 15 is 0 Å². The highest BCUT2D eigenvalue weighted by molar-refractivity contribution is 5.94. The first-order chi connectivity index (χ1) is 15.9. The standard InChI is InChI=1S/C24H28N6O3/c1-29(2)22-20-8-3-4-9-21(20)27-24(28-22)26-18-12-10-16(11-13-18)15-25-23(31)17-6-5-7-19(14-17)30(32)33/h3-9,14,16,18H,10-13,15H2,1-2H3,(H,25,31)(H,26,27,28)/t16-,18+. The number of carbonyl (C=O) groups excluding carboxylic acids is 1. The summed E-state index contributed by atoms with van der Waals surface area (Å²) < 4.78 is 0. The van der Waals surface area contributed by atoms with Crippen LogP contribution in [0.25, 0.3) is 10.9 Å². The number of carbonyl (C=O) groups is 1. The zero-order chi connectivity index (χ0) is 23.4. The number of non-ortho nitro benzene ring substituents is 1. The molecule has 1 saturated carbocycles. The van der Waals surface area contributed by atoms with Gasteiger partial charge in [-0.2, -0.15) is 4.98 Å². The molecule has 0 radical (unpaired) electrons. The van der Waals surface area contributed by atoms with E-state index in [1.165, 1.54) is 18.2 Å². The molecule has 1 amide bonds. The van der Waals surface area contributed by atoms with E-state index in [1.807, 2.05) is 43.3 Å². The average molecular weight is 449 g/mol. The predicted molar refractivity (Wildman–Crippen MR) is 129 cm³/mol. The van der Waals surface area contributed by atoms with Gasteiger partial charge in [0.25, 0.3) is 11.6 Å². The van der Waals surface area contributed by atoms with Crippen LogP contribution in [0.5, 0.6) is 0 Å². The molecule has 0 aliphatic heterocycles. The highest BCUT2D eigenvalue weighted by Gasteiger charge is 2.23. The maximum absolute atomic E-state index is 12.4. The molecule has 0 unspecified atom stereocenters. The van der Waals surface area contributed by atoms with Crippen molar-refractivity contribution in [2.45, 2.75) is 31.7 Å². The molecule has 4 rings (SSSR count). The van der Waals surface area contributed by atoms with Crippen molar-refractivity contribution in [3.05, 3.63) is 64.2 Å². The number of nitro groups is 1. The summed E-state index contributed by atoms with van der Waals surface area (Å²) in [5.41, 5.74) is 1.14. The van der Waals surface area contributed by atoms with E-state index in [2.05, 4.69) is 10.6 Å². The number of anilines is 2. The van der Waals surface area contributed by atoms with E-state index in [-0.39, 0.29) is 17.6 Å². The number of nitrogens with one attached hydrogen (secondary N) is 2. The molecule has 1 aliphatic carbocycles. The lowest BCUT2D eigenvalue weighted by Crippen LogP contribution is -2.34. The fourth-order valence-corrected chi connectivity index (χ4v) is 4.26. The Morgan fingerprint density at radius 1 is 1.09 bits per heavy atom. The summed E-state index contributed by atoms with van der Waals surface area (Å²) in [7, 11) is 3.96. The maximum Gasteiger partial charge on any atom is 0.270 e. The van der Waals surface area contributed by atoms with Gasteiger partial charge >= 0.3 is 0 Å². The van der Waals surface area contributed by atoms with Gasteiger partial charge in [-0.25, -0.2) is 4.98 Å². The third kappa shape index (κ3) is 5.36. The molecule has 1 aliphatic rings. The van der Waals surface area contributed by atoms with Crippen LogP contribution in [0.3, 0.4) is 0 Å². The SMILES string of the molecule is CN(C)c1nc(N[C@H]2CC[C@@H](CNC(=O)c3cccc([N+](=O)[O-])c3)CC2)nc2ccccc12. The van der Waals surface area contributed by atoms with Crippen molar-refractivity contribution < 1.29 is 9.72 Å². The quantitative estimate of drug-likeness (QED) is 0.415. The molecule has 2 N–H and O–H groups in total. The van der Waals surface area contributed by atoms with Crippen molar-refractivity contribution in [3.63, 3.8) is 0 Å². The Morgan fingerprint density at radius 3 is 2.58 bits per heavy atom. The number of rotatable bonds is 7. The van der Waals surface area contributed by atoms with E-state index < -0.39 is 4.92 Å². The van der Waals surface area contributed by atoms with Gasteiger partial charge in [-0.3, -0.25) is 14.9 Å². The number of para-hydroxylation sites is 1. The smallest absolute Gasteiger partial charge is 0.270 e. The lowest BCUT2D eigenvalue weighted by atomic mass is 9.86. The summed E-state index contributed by atoms with van der Waals surface area (Å²) in [6, 6.07) is 14.1. The van der Waals surface area contributed by atoms with E-state index in [9.17, 15) is 14.9 Å². The van der Waals surface area contributed by atoms with Gasteiger partial charge in [0.05, 0.1) is 10.4 Å². The third-order valence-electron chi connectivity index (χ3n) is 6.06. The zero-order valence-corrected chi connectivity index (χ0v) is 18.8. The first kappa shape index (κ1) is 22.4. The second-order valence-corrected chi connectivity index (χ2v) is 8.66. The molecule has 0 bridgehead atoms. The number of hydrogen-bond donors (Lipinski definition) is 2. The van der Waals surface area contributed by atoms with Crippen LogP contribution in [0.4, 0.5) is 17.5 Å². The second-order valence-electron chi connectivity index (χ2n) is 8.66. The Balaban J connectivity index is 1.31. The Kier molecular flexibility index (Phi) is 6.67. The minimum atomic E-state index is -0.494. The molecule has 2 aromatic carbocycles. The van der Waals surface area contributed by atoms with Crippen LogP contribution < -0.4 is 15.5 Å². The number of nitrogens with zero attached hydrogens (tertiary/aromatic N) is 4. The van der Waals surface area contributed by atoms with Gasteiger partial charge in [-0.05, 0) is 49.8 Å². The lowest BCUT2D eigenvalue weighted by Gasteiger charge is -2.29. The van der Waals surface area contributed by atoms with Gasteiger partial charge in [0.1, 0.15) is 5.82 Å². The average Bonchev–Trinajstić information content (AvgIpc) is 2.83. The minimum Gasteiger partial charge on any atom is -0.362 e. The molecule has 9 heteroatoms. The number of hydrogen-bond acceptors (Lipinski definition) is 7. The molecular weight excluding hydrogens is 420 g/mol. The Morgan fingerprint density at radius 2 is 1.85 bits per heavy atom. The van der Waals surface area contributed by atoms with Gasteiger partial charge in [0, 0.05) is 49.8 Å². The maximum atomic E-state index is 12.4. The van der Waals surface area contributed by atoms with Crippen LogP contribution >= 0.6 is 0 Å². The van der Waals surface area contributed by atoms with Crippen molar-refractivity contribution in [2.24, 2.45) is 5.92 Å². The third-order valence-corrected chi connectivity index (χ3v) is 6.06. The van der Waals surface area contributed by atoms with Gasteiger partial charge < -0.3 is 15.5 Å². The fraction of sp³-hybridized carbons (Fsp3) is 0.375. The number of aromatic nitrogens is 2. The van der Waals surface area contributed by atoms with E-state index in [1.54, 1.807) is 6.07 Å². The molecule has 0 spiro atoms. The number of amides is 1. The van der Waals surface area contributed by atoms with E-state index in [4.69, 9.17) is 9.97 Å². The highest BCUT2D eigenvalue weighted by Crippen LogP contribution is 2.28. The Bertz CT molecular complexity index is 1160. The lowest BCUT2D eigenvalue weighted by molar-refractivity contribution is -0.384. The molecule has 9 nitrogen and oxygen atoms in total. The summed E-state index contributed by atoms with van der Waals surface area (Å²) >= 11 is 0. The summed E-state index contributed by atoms with van der Waals surface area (Å²) in [6.45, 7) is 0.561. The summed E-state index contributed by atoms with van der Waals surface area (Å²) in [5, 5.41) is 18.4. The minimum absolute atomic E-state index is 0.0810. The van der Waals surface area contributed by atoms with Gasteiger partial charge in [-0.1, -0.05) is 18.2 Å². The molecule has 1 aromatic heterocycles. The summed E-state index contributed by atoms with van der Waals surface area (Å²) in [5.74, 6) is 1.63. The van der Waals surface area contributed by atoms with Gasteiger partial charge in [-0.15, -0.1) is 0 Å². The van der Waals surface area contributed by atoms with Crippen molar-refractivity contribution in [2.75, 3.05) is 30.9 Å². The zero-order valence-electron chi connectivity index (χ0n) is 18.8. The van der Waals surface area contributed by atoms with Gasteiger partial charge in [0.15, 0.2) is 0 Å². The molecular formula is C24H28N6O3. The summed E-state index contributed by atoms with van der Waals surface area (Å²) in [4.78, 5) is 34.2. The van der Waals surface area contributed by atoms with Crippen LogP contribution in [0.1, 0.15) is 36.0 Å². The van der Waals surface area contributed by atoms with Crippen molar-refractivity contribution in [1.82, 2.24) is 15.3 Å². The van der Waals surface area contributed by atoms with Crippen LogP contribution in [0.2, 0.25) is 0 Å². The van der Waals surface area contributed by atoms with Crippen LogP contribution in [-0.4, -0.2) is 47.5 Å². The molecule has 3 aromatic rings. The topological polar surface area (TPSA) is 113 Å². The predicted octanol–water partition coefficient (Wildman–Crippen LogP) is 4.00. The number of nitro benzene ring substituents is 1. The van der Waals surface area contributed by atoms with Crippen molar-refractivity contribution in [3.8, 4) is 0 Å². The monoisotopic (exact) mass is 448 g/mol. The molecule has 0 atom stereocenters. The normalized spacial score (nSPS) is 18.0. The first-order valence-electron chi connectivity index (χ1n) is 11.1. The summed E-state index contributed by atoms with van der Waals surface area (Å²) in [6.07, 6.45) is 3.87. The van der Waals surface area contributed by atoms with Crippen LogP contribution in [0, 0.1) is 16.0 Å². The van der Waals surface area contributed by atoms with E-state index in [0.717, 1.165) is 42.4 Å². The molecule has 1 fully saturated rings. The molecule has 172 valence electrons. The van der Waals surface area contributed by atoms with Gasteiger partial charge in [0.2, 0.25) is 5.95 Å². The van der Waals surface area contributed by atoms with Crippen molar-refractivity contribution >= 4 is 34.3 Å². The van der Waals surface area contributed by atoms with E-state index in [0.29, 0.717) is 24.0 Å². The fourth-order valence-electron chi connectivity index (χ4n) is 4.26. The largest absolute Gasteiger partial charge is 0.362 e. The van der Waals surface area contributed by atoms with Crippen LogP contribution in [-0.2, 0) is 0 Å². The molecule has 0 saturated heterocycles. The Labute approximate surface area is 192 Å². The molecule has 33 heavy (non-hydrogen) atoms. The Hall–Kier alpha value is -3.75. The highest BCUT2D eigenvalue weighted by atomic mass is 16.6. The van der Waals surface area contributed by atoms with Crippen molar-refractivity contribution in [1.29, 1.82) is 0 Å².